The molecular formula is C18H21NO5. The summed E-state index contributed by atoms with van der Waals surface area (Å²) in [4.78, 5) is 22.9. The maximum atomic E-state index is 11.9. The maximum Gasteiger partial charge on any atom is 0.339 e. The predicted molar refractivity (Wildman–Crippen MR) is 88.4 cm³/mol. The number of aryl methyl sites for hydroxylation is 4. The molecule has 0 saturated carbocycles. The molecule has 0 aliphatic heterocycles. The molecule has 0 aliphatic rings. The van der Waals surface area contributed by atoms with Crippen molar-refractivity contribution < 1.29 is 23.8 Å². The number of furan rings is 1. The number of carbonyl (C=O) groups excluding carboxylic acids is 1. The highest BCUT2D eigenvalue weighted by Gasteiger charge is 2.14. The zero-order valence-corrected chi connectivity index (χ0v) is 14.2. The second-order valence-electron chi connectivity index (χ2n) is 5.78. The normalized spacial score (nSPS) is 10.5. The van der Waals surface area contributed by atoms with Gasteiger partial charge in [-0.05, 0) is 44.9 Å². The van der Waals surface area contributed by atoms with Gasteiger partial charge in [0.15, 0.2) is 6.61 Å². The fourth-order valence-electron chi connectivity index (χ4n) is 2.61. The monoisotopic (exact) mass is 331 g/mol. The van der Waals surface area contributed by atoms with Crippen LogP contribution in [0.15, 0.2) is 22.6 Å². The van der Waals surface area contributed by atoms with Gasteiger partial charge in [0.05, 0.1) is 6.54 Å². The van der Waals surface area contributed by atoms with Crippen molar-refractivity contribution in [1.29, 1.82) is 0 Å². The van der Waals surface area contributed by atoms with Crippen molar-refractivity contribution >= 4 is 11.9 Å². The summed E-state index contributed by atoms with van der Waals surface area (Å²) in [6.45, 7) is 7.45. The number of hydrogen-bond donors (Lipinski definition) is 2. The molecule has 0 unspecified atom stereocenters. The molecule has 0 spiro atoms. The molecule has 0 saturated heterocycles. The van der Waals surface area contributed by atoms with Gasteiger partial charge >= 0.3 is 5.97 Å². The molecule has 1 aromatic heterocycles. The van der Waals surface area contributed by atoms with Crippen LogP contribution < -0.4 is 10.1 Å². The molecule has 0 aliphatic carbocycles. The van der Waals surface area contributed by atoms with Crippen LogP contribution in [0.5, 0.6) is 5.75 Å². The van der Waals surface area contributed by atoms with Gasteiger partial charge in [-0.1, -0.05) is 17.7 Å². The number of nitrogens with one attached hydrogen (secondary N) is 1. The van der Waals surface area contributed by atoms with Gasteiger partial charge in [-0.15, -0.1) is 0 Å². The molecule has 0 bridgehead atoms. The minimum atomic E-state index is -1.05. The fraction of sp³-hybridized carbons (Fsp3) is 0.333. The lowest BCUT2D eigenvalue weighted by Gasteiger charge is -2.12. The van der Waals surface area contributed by atoms with Crippen LogP contribution in [0.25, 0.3) is 0 Å². The molecule has 2 rings (SSSR count). The highest BCUT2D eigenvalue weighted by Crippen LogP contribution is 2.24. The zero-order chi connectivity index (χ0) is 17.9. The number of carbonyl (C=O) groups is 2. The van der Waals surface area contributed by atoms with E-state index in [2.05, 4.69) is 5.32 Å². The summed E-state index contributed by atoms with van der Waals surface area (Å²) in [7, 11) is 0. The van der Waals surface area contributed by atoms with Crippen LogP contribution in [0.1, 0.15) is 38.6 Å². The molecule has 24 heavy (non-hydrogen) atoms. The van der Waals surface area contributed by atoms with E-state index in [1.165, 1.54) is 6.07 Å². The SMILES string of the molecule is Cc1cc(C)c(OCC(=O)NCc2cc(C(=O)O)c(C)o2)c(C)c1. The second kappa shape index (κ2) is 7.21. The van der Waals surface area contributed by atoms with Crippen LogP contribution in [0.4, 0.5) is 0 Å². The standard InChI is InChI=1S/C18H21NO5/c1-10-5-11(2)17(12(3)6-10)23-9-16(20)19-8-14-7-15(18(21)22)13(4)24-14/h5-7H,8-9H2,1-4H3,(H,19,20)(H,21,22). The molecule has 1 heterocycles. The van der Waals surface area contributed by atoms with Gasteiger partial charge in [0, 0.05) is 0 Å². The predicted octanol–water partition coefficient (Wildman–Crippen LogP) is 2.91. The Balaban J connectivity index is 1.90. The third-order valence-corrected chi connectivity index (χ3v) is 3.61. The lowest BCUT2D eigenvalue weighted by Crippen LogP contribution is -2.28. The summed E-state index contributed by atoms with van der Waals surface area (Å²) >= 11 is 0. The minimum absolute atomic E-state index is 0.0985. The number of hydrogen-bond acceptors (Lipinski definition) is 4. The van der Waals surface area contributed by atoms with Crippen LogP contribution >= 0.6 is 0 Å². The second-order valence-corrected chi connectivity index (χ2v) is 5.78. The Morgan fingerprint density at radius 1 is 1.12 bits per heavy atom. The summed E-state index contributed by atoms with van der Waals surface area (Å²) in [5, 5.41) is 11.6. The summed E-state index contributed by atoms with van der Waals surface area (Å²) < 4.78 is 10.9. The molecule has 6 heteroatoms. The molecule has 1 amide bonds. The van der Waals surface area contributed by atoms with Crippen LogP contribution in [0.2, 0.25) is 0 Å². The van der Waals surface area contributed by atoms with E-state index in [9.17, 15) is 9.59 Å². The van der Waals surface area contributed by atoms with E-state index in [0.717, 1.165) is 16.7 Å². The summed E-state index contributed by atoms with van der Waals surface area (Å²) in [6.07, 6.45) is 0. The van der Waals surface area contributed by atoms with Crippen molar-refractivity contribution in [1.82, 2.24) is 5.32 Å². The Hall–Kier alpha value is -2.76. The van der Waals surface area contributed by atoms with Gasteiger partial charge in [-0.2, -0.15) is 0 Å². The first-order valence-corrected chi connectivity index (χ1v) is 7.58. The first-order valence-electron chi connectivity index (χ1n) is 7.58. The van der Waals surface area contributed by atoms with E-state index in [1.807, 2.05) is 32.9 Å². The molecule has 0 atom stereocenters. The average Bonchev–Trinajstić information content (AvgIpc) is 2.85. The number of benzene rings is 1. The summed E-state index contributed by atoms with van der Waals surface area (Å²) in [5.41, 5.74) is 3.20. The van der Waals surface area contributed by atoms with E-state index in [0.29, 0.717) is 17.3 Å². The average molecular weight is 331 g/mol. The number of amides is 1. The van der Waals surface area contributed by atoms with Crippen LogP contribution in [-0.4, -0.2) is 23.6 Å². The lowest BCUT2D eigenvalue weighted by atomic mass is 10.1. The number of rotatable bonds is 6. The third-order valence-electron chi connectivity index (χ3n) is 3.61. The quantitative estimate of drug-likeness (QED) is 0.849. The van der Waals surface area contributed by atoms with E-state index < -0.39 is 5.97 Å². The Morgan fingerprint density at radius 2 is 1.75 bits per heavy atom. The maximum absolute atomic E-state index is 11.9. The molecular weight excluding hydrogens is 310 g/mol. The van der Waals surface area contributed by atoms with E-state index >= 15 is 0 Å². The molecule has 128 valence electrons. The molecule has 2 aromatic rings. The molecule has 2 N–H and O–H groups in total. The molecule has 1 aromatic carbocycles. The van der Waals surface area contributed by atoms with Gasteiger partial charge in [0.1, 0.15) is 22.8 Å². The number of ether oxygens (including phenoxy) is 1. The first kappa shape index (κ1) is 17.6. The third kappa shape index (κ3) is 4.16. The van der Waals surface area contributed by atoms with Crippen molar-refractivity contribution in [3.63, 3.8) is 0 Å². The fourth-order valence-corrected chi connectivity index (χ4v) is 2.61. The summed E-state index contributed by atoms with van der Waals surface area (Å²) in [5.74, 6) is 0.0513. The largest absolute Gasteiger partial charge is 0.483 e. The van der Waals surface area contributed by atoms with Gasteiger partial charge in [0.25, 0.3) is 5.91 Å². The Labute approximate surface area is 140 Å². The van der Waals surface area contributed by atoms with Crippen molar-refractivity contribution in [2.75, 3.05) is 6.61 Å². The number of aromatic carboxylic acids is 1. The van der Waals surface area contributed by atoms with Crippen LogP contribution in [0, 0.1) is 27.7 Å². The Kier molecular flexibility index (Phi) is 5.28. The number of carboxylic acids is 1. The van der Waals surface area contributed by atoms with Crippen molar-refractivity contribution in [3.8, 4) is 5.75 Å². The summed E-state index contributed by atoms with van der Waals surface area (Å²) in [6, 6.07) is 5.41. The minimum Gasteiger partial charge on any atom is -0.483 e. The highest BCUT2D eigenvalue weighted by molar-refractivity contribution is 5.88. The van der Waals surface area contributed by atoms with Crippen LogP contribution in [-0.2, 0) is 11.3 Å². The molecule has 6 nitrogen and oxygen atoms in total. The van der Waals surface area contributed by atoms with Crippen molar-refractivity contribution in [2.24, 2.45) is 0 Å². The van der Waals surface area contributed by atoms with Crippen molar-refractivity contribution in [2.45, 2.75) is 34.2 Å². The van der Waals surface area contributed by atoms with Crippen molar-refractivity contribution in [3.05, 3.63) is 52.0 Å². The Bertz CT molecular complexity index is 753. The topological polar surface area (TPSA) is 88.8 Å². The first-order chi connectivity index (χ1) is 11.3. The van der Waals surface area contributed by atoms with E-state index in [-0.39, 0.29) is 24.6 Å². The van der Waals surface area contributed by atoms with Gasteiger partial charge in [-0.25, -0.2) is 4.79 Å². The molecule has 0 radical (unpaired) electrons. The Morgan fingerprint density at radius 3 is 2.29 bits per heavy atom. The lowest BCUT2D eigenvalue weighted by molar-refractivity contribution is -0.123. The van der Waals surface area contributed by atoms with Gasteiger partial charge < -0.3 is 19.6 Å². The smallest absolute Gasteiger partial charge is 0.339 e. The zero-order valence-electron chi connectivity index (χ0n) is 14.2. The highest BCUT2D eigenvalue weighted by atomic mass is 16.5. The van der Waals surface area contributed by atoms with Crippen LogP contribution in [0.3, 0.4) is 0 Å². The molecule has 0 fully saturated rings. The van der Waals surface area contributed by atoms with E-state index in [4.69, 9.17) is 14.3 Å². The van der Waals surface area contributed by atoms with Gasteiger partial charge in [-0.3, -0.25) is 4.79 Å². The van der Waals surface area contributed by atoms with E-state index in [1.54, 1.807) is 6.92 Å². The number of carboxylic acid groups (broad SMARTS) is 1. The van der Waals surface area contributed by atoms with Gasteiger partial charge in [0.2, 0.25) is 0 Å².